The molecule has 0 aromatic rings. The van der Waals surface area contributed by atoms with Crippen molar-refractivity contribution in [3.05, 3.63) is 12.7 Å². The molecule has 0 unspecified atom stereocenters. The van der Waals surface area contributed by atoms with Crippen molar-refractivity contribution in [2.75, 3.05) is 26.4 Å². The van der Waals surface area contributed by atoms with Gasteiger partial charge in [0.1, 0.15) is 6.73 Å². The van der Waals surface area contributed by atoms with Crippen molar-refractivity contribution in [3.63, 3.8) is 0 Å². The number of hydrogen-bond acceptors (Lipinski definition) is 3. The molecule has 0 aliphatic carbocycles. The van der Waals surface area contributed by atoms with Crippen molar-refractivity contribution in [2.45, 2.75) is 52.2 Å². The summed E-state index contributed by atoms with van der Waals surface area (Å²) < 4.78 is 5.88. The largest absolute Gasteiger partial charge is 0.353 e. The lowest BCUT2D eigenvalue weighted by molar-refractivity contribution is -0.126. The van der Waals surface area contributed by atoms with E-state index in [2.05, 4.69) is 25.3 Å². The van der Waals surface area contributed by atoms with Crippen molar-refractivity contribution in [1.29, 1.82) is 0 Å². The molecule has 0 bridgehead atoms. The first-order chi connectivity index (χ1) is 9.06. The zero-order valence-corrected chi connectivity index (χ0v) is 12.8. The molecule has 4 nitrogen and oxygen atoms in total. The van der Waals surface area contributed by atoms with Crippen LogP contribution in [-0.4, -0.2) is 53.7 Å². The topological polar surface area (TPSA) is 32.8 Å². The Morgan fingerprint density at radius 2 is 1.89 bits per heavy atom. The zero-order valence-electron chi connectivity index (χ0n) is 12.8. The van der Waals surface area contributed by atoms with Gasteiger partial charge in [0, 0.05) is 19.1 Å². The van der Waals surface area contributed by atoms with Crippen LogP contribution in [0.1, 0.15) is 40.5 Å². The number of carbonyl (C=O) groups is 1. The summed E-state index contributed by atoms with van der Waals surface area (Å²) in [6, 6.07) is 0.597. The molecule has 110 valence electrons. The molecule has 2 saturated heterocycles. The minimum Gasteiger partial charge on any atom is -0.353 e. The maximum atomic E-state index is 11.5. The first kappa shape index (κ1) is 16.2. The first-order valence-corrected chi connectivity index (χ1v) is 7.36. The third-order valence-electron chi connectivity index (χ3n) is 3.93. The number of rotatable bonds is 2. The molecule has 0 aromatic carbocycles. The summed E-state index contributed by atoms with van der Waals surface area (Å²) in [5, 5.41) is 0. The predicted octanol–water partition coefficient (Wildman–Crippen LogP) is 2.26. The highest BCUT2D eigenvalue weighted by Gasteiger charge is 2.43. The monoisotopic (exact) mass is 268 g/mol. The second-order valence-electron chi connectivity index (χ2n) is 5.33. The van der Waals surface area contributed by atoms with Crippen LogP contribution in [0.2, 0.25) is 0 Å². The second-order valence-corrected chi connectivity index (χ2v) is 5.33. The molecule has 19 heavy (non-hydrogen) atoms. The SMILES string of the molecule is C=CC(=O)N1COC2(CCN(C(C)C)CC2)C1.CC. The van der Waals surface area contributed by atoms with E-state index in [0.717, 1.165) is 32.5 Å². The van der Waals surface area contributed by atoms with Gasteiger partial charge >= 0.3 is 0 Å². The summed E-state index contributed by atoms with van der Waals surface area (Å²) in [4.78, 5) is 15.7. The van der Waals surface area contributed by atoms with Gasteiger partial charge in [0.2, 0.25) is 5.91 Å². The lowest BCUT2D eigenvalue weighted by Crippen LogP contribution is -2.49. The van der Waals surface area contributed by atoms with Crippen LogP contribution in [0.3, 0.4) is 0 Å². The van der Waals surface area contributed by atoms with Crippen molar-refractivity contribution in [3.8, 4) is 0 Å². The average molecular weight is 268 g/mol. The number of piperidine rings is 1. The van der Waals surface area contributed by atoms with Crippen molar-refractivity contribution >= 4 is 5.91 Å². The van der Waals surface area contributed by atoms with Gasteiger partial charge in [0.15, 0.2) is 0 Å². The molecule has 0 N–H and O–H groups in total. The Bertz CT molecular complexity index is 307. The fourth-order valence-electron chi connectivity index (χ4n) is 2.67. The van der Waals surface area contributed by atoms with E-state index in [1.165, 1.54) is 6.08 Å². The van der Waals surface area contributed by atoms with Crippen LogP contribution in [0, 0.1) is 0 Å². The highest BCUT2D eigenvalue weighted by atomic mass is 16.5. The molecule has 0 radical (unpaired) electrons. The Kier molecular flexibility index (Phi) is 6.01. The zero-order chi connectivity index (χ0) is 14.5. The van der Waals surface area contributed by atoms with Crippen LogP contribution in [0.5, 0.6) is 0 Å². The Hall–Kier alpha value is -0.870. The van der Waals surface area contributed by atoms with Crippen molar-refractivity contribution in [2.24, 2.45) is 0 Å². The molecule has 0 atom stereocenters. The number of carbonyl (C=O) groups excluding carboxylic acids is 1. The number of nitrogens with zero attached hydrogens (tertiary/aromatic N) is 2. The van der Waals surface area contributed by atoms with Gasteiger partial charge in [-0.15, -0.1) is 0 Å². The van der Waals surface area contributed by atoms with E-state index < -0.39 is 0 Å². The van der Waals surface area contributed by atoms with Crippen LogP contribution < -0.4 is 0 Å². The highest BCUT2D eigenvalue weighted by Crippen LogP contribution is 2.32. The standard InChI is InChI=1S/C13H22N2O2.C2H6/c1-4-12(16)15-9-13(17-10-15)5-7-14(8-6-13)11(2)3;1-2/h4,11H,1,5-10H2,2-3H3;1-2H3. The van der Waals surface area contributed by atoms with E-state index in [4.69, 9.17) is 4.74 Å². The van der Waals surface area contributed by atoms with Gasteiger partial charge in [-0.2, -0.15) is 0 Å². The minimum atomic E-state index is -0.0932. The number of amides is 1. The van der Waals surface area contributed by atoms with Gasteiger partial charge in [0.25, 0.3) is 0 Å². The Morgan fingerprint density at radius 1 is 1.32 bits per heavy atom. The lowest BCUT2D eigenvalue weighted by atomic mass is 9.90. The van der Waals surface area contributed by atoms with Crippen LogP contribution in [0.15, 0.2) is 12.7 Å². The molecule has 2 heterocycles. The summed E-state index contributed by atoms with van der Waals surface area (Å²) in [7, 11) is 0. The average Bonchev–Trinajstić information content (AvgIpc) is 2.84. The van der Waals surface area contributed by atoms with Gasteiger partial charge in [-0.05, 0) is 32.8 Å². The Labute approximate surface area is 117 Å². The fourth-order valence-corrected chi connectivity index (χ4v) is 2.67. The maximum Gasteiger partial charge on any atom is 0.247 e. The van der Waals surface area contributed by atoms with Crippen molar-refractivity contribution < 1.29 is 9.53 Å². The van der Waals surface area contributed by atoms with Gasteiger partial charge in [0.05, 0.1) is 12.1 Å². The first-order valence-electron chi connectivity index (χ1n) is 7.36. The third-order valence-corrected chi connectivity index (χ3v) is 3.93. The molecular formula is C15H28N2O2. The molecule has 0 aromatic heterocycles. The molecule has 2 aliphatic heterocycles. The quantitative estimate of drug-likeness (QED) is 0.720. The van der Waals surface area contributed by atoms with Gasteiger partial charge < -0.3 is 14.5 Å². The predicted molar refractivity (Wildman–Crippen MR) is 77.9 cm³/mol. The molecule has 4 heteroatoms. The molecule has 1 amide bonds. The number of likely N-dealkylation sites (tertiary alicyclic amines) is 1. The number of ether oxygens (including phenoxy) is 1. The maximum absolute atomic E-state index is 11.5. The van der Waals surface area contributed by atoms with Crippen LogP contribution in [0.25, 0.3) is 0 Å². The molecule has 2 aliphatic rings. The number of hydrogen-bond donors (Lipinski definition) is 0. The van der Waals surface area contributed by atoms with Gasteiger partial charge in [-0.3, -0.25) is 4.79 Å². The third kappa shape index (κ3) is 3.80. The molecule has 2 rings (SSSR count). The van der Waals surface area contributed by atoms with Crippen LogP contribution in [-0.2, 0) is 9.53 Å². The summed E-state index contributed by atoms with van der Waals surface area (Å²) in [6.45, 7) is 15.2. The Morgan fingerprint density at radius 3 is 2.37 bits per heavy atom. The van der Waals surface area contributed by atoms with Crippen LogP contribution >= 0.6 is 0 Å². The summed E-state index contributed by atoms with van der Waals surface area (Å²) in [6.07, 6.45) is 3.41. The molecule has 0 saturated carbocycles. The second kappa shape index (κ2) is 7.06. The summed E-state index contributed by atoms with van der Waals surface area (Å²) in [5.74, 6) is -0.0202. The molecular weight excluding hydrogens is 240 g/mol. The minimum absolute atomic E-state index is 0.0202. The van der Waals surface area contributed by atoms with Gasteiger partial charge in [-0.25, -0.2) is 0 Å². The normalized spacial score (nSPS) is 22.3. The molecule has 2 fully saturated rings. The van der Waals surface area contributed by atoms with Crippen molar-refractivity contribution in [1.82, 2.24) is 9.80 Å². The van der Waals surface area contributed by atoms with Crippen LogP contribution in [0.4, 0.5) is 0 Å². The highest BCUT2D eigenvalue weighted by molar-refractivity contribution is 5.87. The fraction of sp³-hybridized carbons (Fsp3) is 0.800. The van der Waals surface area contributed by atoms with E-state index in [-0.39, 0.29) is 11.5 Å². The summed E-state index contributed by atoms with van der Waals surface area (Å²) >= 11 is 0. The lowest BCUT2D eigenvalue weighted by Gasteiger charge is -2.39. The molecule has 1 spiro atoms. The van der Waals surface area contributed by atoms with E-state index in [1.807, 2.05) is 13.8 Å². The van der Waals surface area contributed by atoms with E-state index >= 15 is 0 Å². The van der Waals surface area contributed by atoms with E-state index in [1.54, 1.807) is 4.90 Å². The summed E-state index contributed by atoms with van der Waals surface area (Å²) in [5.41, 5.74) is -0.0932. The van der Waals surface area contributed by atoms with E-state index in [9.17, 15) is 4.79 Å². The smallest absolute Gasteiger partial charge is 0.247 e. The van der Waals surface area contributed by atoms with Gasteiger partial charge in [-0.1, -0.05) is 20.4 Å². The van der Waals surface area contributed by atoms with E-state index in [0.29, 0.717) is 12.8 Å². The Balaban J connectivity index is 0.000000861.